The van der Waals surface area contributed by atoms with Crippen LogP contribution in [0.25, 0.3) is 0 Å². The minimum Gasteiger partial charge on any atom is -0.463 e. The number of benzene rings is 2. The van der Waals surface area contributed by atoms with Gasteiger partial charge in [-0.1, -0.05) is 69.3 Å². The third kappa shape index (κ3) is 8.68. The number of rotatable bonds is 12. The second kappa shape index (κ2) is 14.3. The van der Waals surface area contributed by atoms with Crippen molar-refractivity contribution in [1.29, 1.82) is 0 Å². The molecule has 2 aromatic carbocycles. The van der Waals surface area contributed by atoms with Crippen LogP contribution in [0, 0.1) is 10.1 Å². The number of para-hydroxylation sites is 1. The van der Waals surface area contributed by atoms with Gasteiger partial charge < -0.3 is 28.1 Å². The molecule has 1 saturated heterocycles. The molecule has 1 fully saturated rings. The molecule has 0 bridgehead atoms. The van der Waals surface area contributed by atoms with E-state index in [1.807, 2.05) is 30.3 Å². The first kappa shape index (κ1) is 33.3. The Morgan fingerprint density at radius 1 is 1.00 bits per heavy atom. The largest absolute Gasteiger partial charge is 0.463 e. The Morgan fingerprint density at radius 2 is 1.64 bits per heavy atom. The van der Waals surface area contributed by atoms with E-state index in [0.717, 1.165) is 5.56 Å². The fourth-order valence-corrected chi connectivity index (χ4v) is 5.64. The van der Waals surface area contributed by atoms with Gasteiger partial charge in [0, 0.05) is 25.7 Å². The number of esters is 2. The van der Waals surface area contributed by atoms with E-state index in [-0.39, 0.29) is 35.9 Å². The van der Waals surface area contributed by atoms with Crippen LogP contribution in [0.15, 0.2) is 54.6 Å². The van der Waals surface area contributed by atoms with Gasteiger partial charge in [0.05, 0.1) is 18.0 Å². The van der Waals surface area contributed by atoms with Gasteiger partial charge in [-0.3, -0.25) is 19.7 Å². The molecule has 0 saturated carbocycles. The fourth-order valence-electron chi connectivity index (χ4n) is 4.36. The highest BCUT2D eigenvalue weighted by Gasteiger charge is 2.53. The summed E-state index contributed by atoms with van der Waals surface area (Å²) in [6.07, 6.45) is -4.83. The molecule has 0 unspecified atom stereocenters. The van der Waals surface area contributed by atoms with Gasteiger partial charge in [0.15, 0.2) is 20.7 Å². The summed E-state index contributed by atoms with van der Waals surface area (Å²) >= 11 is 0. The van der Waals surface area contributed by atoms with Crippen LogP contribution in [-0.4, -0.2) is 69.6 Å². The number of nitro groups is 1. The van der Waals surface area contributed by atoms with Crippen molar-refractivity contribution in [2.75, 3.05) is 13.7 Å². The maximum atomic E-state index is 12.8. The van der Waals surface area contributed by atoms with E-state index in [0.29, 0.717) is 0 Å². The summed E-state index contributed by atoms with van der Waals surface area (Å²) in [7, 11) is -0.965. The van der Waals surface area contributed by atoms with Crippen molar-refractivity contribution in [3.8, 4) is 0 Å². The Labute approximate surface area is 247 Å². The summed E-state index contributed by atoms with van der Waals surface area (Å²) in [4.78, 5) is 36.0. The predicted molar refractivity (Wildman–Crippen MR) is 156 cm³/mol. The minimum atomic E-state index is -2.42. The van der Waals surface area contributed by atoms with Crippen molar-refractivity contribution in [2.45, 2.75) is 89.6 Å². The molecule has 0 amide bonds. The number of hydrogen-bond donors (Lipinski definition) is 0. The van der Waals surface area contributed by atoms with Crippen LogP contribution in [0.3, 0.4) is 0 Å². The van der Waals surface area contributed by atoms with Crippen molar-refractivity contribution in [1.82, 2.24) is 0 Å². The summed E-state index contributed by atoms with van der Waals surface area (Å²) in [6, 6.07) is 15.4. The Hall–Kier alpha value is -3.16. The Balaban J connectivity index is 1.89. The molecule has 2 aromatic rings. The first-order chi connectivity index (χ1) is 19.7. The Bertz CT molecular complexity index is 1220. The number of methoxy groups -OCH3 is 1. The van der Waals surface area contributed by atoms with Gasteiger partial charge in [0.2, 0.25) is 0 Å². The molecule has 0 spiro atoms. The number of nitrogens with zero attached hydrogens (tertiary/aromatic N) is 1. The number of carbonyl (C=O) groups is 2. The number of carbonyl (C=O) groups excluding carboxylic acids is 2. The quantitative estimate of drug-likeness (QED) is 0.142. The van der Waals surface area contributed by atoms with E-state index in [4.69, 9.17) is 28.1 Å². The highest BCUT2D eigenvalue weighted by Crippen LogP contribution is 2.40. The number of nitro benzene ring substituents is 1. The van der Waals surface area contributed by atoms with E-state index < -0.39 is 55.9 Å². The molecule has 11 nitrogen and oxygen atoms in total. The molecule has 0 radical (unpaired) electrons. The first-order valence-corrected chi connectivity index (χ1v) is 16.7. The van der Waals surface area contributed by atoms with E-state index in [9.17, 15) is 19.7 Å². The molecule has 1 heterocycles. The third-order valence-corrected chi connectivity index (χ3v) is 12.1. The second-order valence-electron chi connectivity index (χ2n) is 11.7. The van der Waals surface area contributed by atoms with Gasteiger partial charge in [-0.15, -0.1) is 0 Å². The van der Waals surface area contributed by atoms with Crippen LogP contribution in [0.2, 0.25) is 18.1 Å². The minimum absolute atomic E-state index is 0.164. The van der Waals surface area contributed by atoms with E-state index in [1.165, 1.54) is 32.2 Å². The normalized spacial score (nSPS) is 22.8. The van der Waals surface area contributed by atoms with E-state index in [2.05, 4.69) is 33.9 Å². The lowest BCUT2D eigenvalue weighted by atomic mass is 9.98. The SMILES string of the molecule is CO[C@H]1O[C@H](COC(=O)Cc2ccccc2[N+](=O)[O-])[C@@H](OCc2ccccc2)[C@H](OC(C)=O)[C@H]1O[Si](C)(C)C(C)(C)C. The second-order valence-corrected chi connectivity index (χ2v) is 16.5. The average molecular weight is 604 g/mol. The lowest BCUT2D eigenvalue weighted by Gasteiger charge is -2.48. The fraction of sp³-hybridized carbons (Fsp3) is 0.533. The standard InChI is InChI=1S/C30H41NO10Si/c1-20(32)39-27-26(38-18-21-13-9-8-10-14-21)24(40-29(36-5)28(27)41-42(6,7)30(2,3)4)19-37-25(33)17-22-15-11-12-16-23(22)31(34)35/h8-16,24,26-29H,17-19H2,1-7H3/t24-,26-,27+,28-,29+/m1/s1. The summed E-state index contributed by atoms with van der Waals surface area (Å²) < 4.78 is 36.3. The van der Waals surface area contributed by atoms with Gasteiger partial charge in [-0.2, -0.15) is 0 Å². The zero-order valence-electron chi connectivity index (χ0n) is 25.2. The van der Waals surface area contributed by atoms with Crippen LogP contribution in [0.1, 0.15) is 38.8 Å². The lowest BCUT2D eigenvalue weighted by Crippen LogP contribution is -2.64. The molecule has 3 rings (SSSR count). The van der Waals surface area contributed by atoms with Gasteiger partial charge in [0.25, 0.3) is 5.69 Å². The van der Waals surface area contributed by atoms with E-state index >= 15 is 0 Å². The van der Waals surface area contributed by atoms with Gasteiger partial charge in [-0.25, -0.2) is 0 Å². The summed E-state index contributed by atoms with van der Waals surface area (Å²) in [5.74, 6) is -1.23. The highest BCUT2D eigenvalue weighted by molar-refractivity contribution is 6.74. The number of hydrogen-bond acceptors (Lipinski definition) is 10. The van der Waals surface area contributed by atoms with Crippen LogP contribution < -0.4 is 0 Å². The molecule has 0 aromatic heterocycles. The zero-order chi connectivity index (χ0) is 31.1. The monoisotopic (exact) mass is 603 g/mol. The van der Waals surface area contributed by atoms with Gasteiger partial charge >= 0.3 is 11.9 Å². The summed E-state index contributed by atoms with van der Waals surface area (Å²) in [6.45, 7) is 11.6. The molecular formula is C30H41NO10Si. The summed E-state index contributed by atoms with van der Waals surface area (Å²) in [5.41, 5.74) is 0.929. The van der Waals surface area contributed by atoms with Crippen LogP contribution in [0.4, 0.5) is 5.69 Å². The van der Waals surface area contributed by atoms with Crippen LogP contribution in [-0.2, 0) is 50.7 Å². The smallest absolute Gasteiger partial charge is 0.310 e. The average Bonchev–Trinajstić information content (AvgIpc) is 2.92. The molecule has 1 aliphatic heterocycles. The maximum absolute atomic E-state index is 12.8. The first-order valence-electron chi connectivity index (χ1n) is 13.8. The topological polar surface area (TPSA) is 133 Å². The van der Waals surface area contributed by atoms with Gasteiger partial charge in [0.1, 0.15) is 24.9 Å². The molecule has 42 heavy (non-hydrogen) atoms. The van der Waals surface area contributed by atoms with Crippen molar-refractivity contribution in [3.05, 3.63) is 75.8 Å². The Kier molecular flexibility index (Phi) is 11.4. The molecule has 230 valence electrons. The van der Waals surface area contributed by atoms with Crippen molar-refractivity contribution < 1.29 is 42.6 Å². The highest BCUT2D eigenvalue weighted by atomic mass is 28.4. The van der Waals surface area contributed by atoms with Gasteiger partial charge in [-0.05, 0) is 23.7 Å². The molecule has 1 aliphatic rings. The number of ether oxygens (including phenoxy) is 5. The van der Waals surface area contributed by atoms with E-state index in [1.54, 1.807) is 6.07 Å². The third-order valence-electron chi connectivity index (χ3n) is 7.58. The van der Waals surface area contributed by atoms with Crippen molar-refractivity contribution in [2.24, 2.45) is 0 Å². The van der Waals surface area contributed by atoms with Crippen molar-refractivity contribution >= 4 is 25.9 Å². The molecular weight excluding hydrogens is 562 g/mol. The molecule has 0 aliphatic carbocycles. The Morgan fingerprint density at radius 3 is 2.24 bits per heavy atom. The maximum Gasteiger partial charge on any atom is 0.310 e. The summed E-state index contributed by atoms with van der Waals surface area (Å²) in [5, 5.41) is 11.2. The van der Waals surface area contributed by atoms with Crippen LogP contribution >= 0.6 is 0 Å². The van der Waals surface area contributed by atoms with Crippen LogP contribution in [0.5, 0.6) is 0 Å². The molecule has 5 atom stereocenters. The molecule has 12 heteroatoms. The molecule has 0 N–H and O–H groups in total. The lowest BCUT2D eigenvalue weighted by molar-refractivity contribution is -0.385. The van der Waals surface area contributed by atoms with Crippen molar-refractivity contribution in [3.63, 3.8) is 0 Å². The predicted octanol–water partition coefficient (Wildman–Crippen LogP) is 4.96. The zero-order valence-corrected chi connectivity index (χ0v) is 26.2.